The molecule has 0 spiro atoms. The topological polar surface area (TPSA) is 32.3 Å². The molecule has 2 N–H and O–H groups in total. The SMILES string of the molecule is OC1(Cc2ccc(F)cc2)CCCNC1. The first-order valence-electron chi connectivity index (χ1n) is 5.36. The molecule has 1 aliphatic heterocycles. The fraction of sp³-hybridized carbons (Fsp3) is 0.500. The molecule has 2 nitrogen and oxygen atoms in total. The van der Waals surface area contributed by atoms with Crippen LogP contribution >= 0.6 is 0 Å². The number of nitrogens with one attached hydrogen (secondary N) is 1. The van der Waals surface area contributed by atoms with Gasteiger partial charge in [-0.05, 0) is 37.1 Å². The summed E-state index contributed by atoms with van der Waals surface area (Å²) in [5.41, 5.74) is 0.332. The highest BCUT2D eigenvalue weighted by Crippen LogP contribution is 2.21. The molecule has 1 fully saturated rings. The molecule has 1 aliphatic rings. The van der Waals surface area contributed by atoms with Crippen LogP contribution < -0.4 is 5.32 Å². The molecule has 3 heteroatoms. The first kappa shape index (κ1) is 10.6. The molecule has 1 atom stereocenters. The number of hydrogen-bond acceptors (Lipinski definition) is 2. The van der Waals surface area contributed by atoms with Gasteiger partial charge in [0.15, 0.2) is 0 Å². The van der Waals surface area contributed by atoms with Gasteiger partial charge in [0, 0.05) is 13.0 Å². The first-order chi connectivity index (χ1) is 7.18. The number of aliphatic hydroxyl groups is 1. The molecule has 1 aromatic rings. The zero-order chi connectivity index (χ0) is 10.7. The van der Waals surface area contributed by atoms with E-state index in [4.69, 9.17) is 0 Å². The van der Waals surface area contributed by atoms with Crippen LogP contribution in [0.25, 0.3) is 0 Å². The average molecular weight is 209 g/mol. The van der Waals surface area contributed by atoms with E-state index in [0.717, 1.165) is 24.9 Å². The summed E-state index contributed by atoms with van der Waals surface area (Å²) < 4.78 is 12.7. The van der Waals surface area contributed by atoms with Crippen molar-refractivity contribution in [2.45, 2.75) is 24.9 Å². The van der Waals surface area contributed by atoms with Crippen molar-refractivity contribution in [3.05, 3.63) is 35.6 Å². The molecule has 0 bridgehead atoms. The third kappa shape index (κ3) is 2.76. The Morgan fingerprint density at radius 2 is 2.07 bits per heavy atom. The highest BCUT2D eigenvalue weighted by atomic mass is 19.1. The van der Waals surface area contributed by atoms with Crippen LogP contribution in [0, 0.1) is 5.82 Å². The second-order valence-corrected chi connectivity index (χ2v) is 4.31. The molecule has 15 heavy (non-hydrogen) atoms. The second-order valence-electron chi connectivity index (χ2n) is 4.31. The lowest BCUT2D eigenvalue weighted by Crippen LogP contribution is -2.47. The van der Waals surface area contributed by atoms with Crippen LogP contribution in [0.15, 0.2) is 24.3 Å². The van der Waals surface area contributed by atoms with E-state index in [2.05, 4.69) is 5.32 Å². The Morgan fingerprint density at radius 1 is 1.33 bits per heavy atom. The maximum Gasteiger partial charge on any atom is 0.123 e. The van der Waals surface area contributed by atoms with Crippen LogP contribution in [0.3, 0.4) is 0 Å². The van der Waals surface area contributed by atoms with E-state index in [1.165, 1.54) is 12.1 Å². The zero-order valence-corrected chi connectivity index (χ0v) is 8.67. The summed E-state index contributed by atoms with van der Waals surface area (Å²) in [4.78, 5) is 0. The minimum absolute atomic E-state index is 0.229. The fourth-order valence-electron chi connectivity index (χ4n) is 2.09. The monoisotopic (exact) mass is 209 g/mol. The Hall–Kier alpha value is -0.930. The van der Waals surface area contributed by atoms with Crippen LogP contribution in [0.4, 0.5) is 4.39 Å². The third-order valence-corrected chi connectivity index (χ3v) is 2.90. The van der Waals surface area contributed by atoms with Crippen molar-refractivity contribution in [3.8, 4) is 0 Å². The molecule has 0 saturated carbocycles. The predicted molar refractivity (Wildman–Crippen MR) is 57.2 cm³/mol. The highest BCUT2D eigenvalue weighted by Gasteiger charge is 2.28. The van der Waals surface area contributed by atoms with Crippen LogP contribution in [0.5, 0.6) is 0 Å². The Labute approximate surface area is 89.1 Å². The lowest BCUT2D eigenvalue weighted by molar-refractivity contribution is 0.0169. The quantitative estimate of drug-likeness (QED) is 0.773. The predicted octanol–water partition coefficient (Wildman–Crippen LogP) is 1.48. The van der Waals surface area contributed by atoms with E-state index in [1.54, 1.807) is 12.1 Å². The average Bonchev–Trinajstić information content (AvgIpc) is 2.22. The Bertz CT molecular complexity index is 317. The first-order valence-corrected chi connectivity index (χ1v) is 5.36. The van der Waals surface area contributed by atoms with Crippen LogP contribution in [0.1, 0.15) is 18.4 Å². The Morgan fingerprint density at radius 3 is 2.67 bits per heavy atom. The van der Waals surface area contributed by atoms with Crippen molar-refractivity contribution in [3.63, 3.8) is 0 Å². The molecule has 1 heterocycles. The lowest BCUT2D eigenvalue weighted by Gasteiger charge is -2.32. The molecule has 1 aromatic carbocycles. The standard InChI is InChI=1S/C12H16FNO/c13-11-4-2-10(3-5-11)8-12(15)6-1-7-14-9-12/h2-5,14-15H,1,6-9H2. The van der Waals surface area contributed by atoms with Gasteiger partial charge in [-0.25, -0.2) is 4.39 Å². The van der Waals surface area contributed by atoms with Gasteiger partial charge in [-0.15, -0.1) is 0 Å². The van der Waals surface area contributed by atoms with Gasteiger partial charge in [0.2, 0.25) is 0 Å². The van der Waals surface area contributed by atoms with Crippen molar-refractivity contribution in [2.75, 3.05) is 13.1 Å². The Kier molecular flexibility index (Phi) is 3.03. The molecular formula is C12H16FNO. The molecule has 0 aromatic heterocycles. The van der Waals surface area contributed by atoms with E-state index >= 15 is 0 Å². The van der Waals surface area contributed by atoms with Crippen molar-refractivity contribution in [1.29, 1.82) is 0 Å². The number of halogens is 1. The van der Waals surface area contributed by atoms with Gasteiger partial charge in [-0.3, -0.25) is 0 Å². The van der Waals surface area contributed by atoms with Gasteiger partial charge in [0.25, 0.3) is 0 Å². The van der Waals surface area contributed by atoms with Crippen molar-refractivity contribution in [1.82, 2.24) is 5.32 Å². The normalized spacial score (nSPS) is 26.5. The lowest BCUT2D eigenvalue weighted by atomic mass is 9.87. The second kappa shape index (κ2) is 4.29. The van der Waals surface area contributed by atoms with Crippen LogP contribution in [-0.4, -0.2) is 23.8 Å². The minimum Gasteiger partial charge on any atom is -0.388 e. The van der Waals surface area contributed by atoms with E-state index in [-0.39, 0.29) is 5.82 Å². The van der Waals surface area contributed by atoms with Gasteiger partial charge >= 0.3 is 0 Å². The fourth-order valence-corrected chi connectivity index (χ4v) is 2.09. The Balaban J connectivity index is 2.03. The molecule has 2 rings (SSSR count). The van der Waals surface area contributed by atoms with Crippen LogP contribution in [-0.2, 0) is 6.42 Å². The maximum atomic E-state index is 12.7. The van der Waals surface area contributed by atoms with Crippen molar-refractivity contribution in [2.24, 2.45) is 0 Å². The summed E-state index contributed by atoms with van der Waals surface area (Å²) in [6, 6.07) is 6.35. The number of hydrogen-bond donors (Lipinski definition) is 2. The van der Waals surface area contributed by atoms with Crippen molar-refractivity contribution < 1.29 is 9.50 Å². The van der Waals surface area contributed by atoms with E-state index < -0.39 is 5.60 Å². The summed E-state index contributed by atoms with van der Waals surface area (Å²) in [6.07, 6.45) is 2.41. The highest BCUT2D eigenvalue weighted by molar-refractivity contribution is 5.18. The summed E-state index contributed by atoms with van der Waals surface area (Å²) in [7, 11) is 0. The van der Waals surface area contributed by atoms with Crippen LogP contribution in [0.2, 0.25) is 0 Å². The summed E-state index contributed by atoms with van der Waals surface area (Å²) in [5.74, 6) is -0.229. The van der Waals surface area contributed by atoms with E-state index in [9.17, 15) is 9.50 Å². The van der Waals surface area contributed by atoms with Crippen molar-refractivity contribution >= 4 is 0 Å². The summed E-state index contributed by atoms with van der Waals surface area (Å²) in [5, 5.41) is 13.4. The summed E-state index contributed by atoms with van der Waals surface area (Å²) in [6.45, 7) is 1.61. The number of β-amino-alcohol motifs (C(OH)–C–C–N with tert-alkyl or cyclic N) is 1. The van der Waals surface area contributed by atoms with Gasteiger partial charge in [0.1, 0.15) is 5.82 Å². The molecule has 82 valence electrons. The zero-order valence-electron chi connectivity index (χ0n) is 8.67. The van der Waals surface area contributed by atoms with Gasteiger partial charge < -0.3 is 10.4 Å². The molecule has 1 unspecified atom stereocenters. The smallest absolute Gasteiger partial charge is 0.123 e. The van der Waals surface area contributed by atoms with E-state index in [0.29, 0.717) is 13.0 Å². The largest absolute Gasteiger partial charge is 0.388 e. The van der Waals surface area contributed by atoms with Gasteiger partial charge in [0.05, 0.1) is 5.60 Å². The minimum atomic E-state index is -0.657. The number of piperidine rings is 1. The number of benzene rings is 1. The maximum absolute atomic E-state index is 12.7. The van der Waals surface area contributed by atoms with Gasteiger partial charge in [-0.2, -0.15) is 0 Å². The molecule has 0 amide bonds. The molecule has 0 radical (unpaired) electrons. The summed E-state index contributed by atoms with van der Waals surface area (Å²) >= 11 is 0. The molecular weight excluding hydrogens is 193 g/mol. The third-order valence-electron chi connectivity index (χ3n) is 2.90. The number of rotatable bonds is 2. The molecule has 0 aliphatic carbocycles. The van der Waals surface area contributed by atoms with Gasteiger partial charge in [-0.1, -0.05) is 12.1 Å². The molecule has 1 saturated heterocycles. The van der Waals surface area contributed by atoms with E-state index in [1.807, 2.05) is 0 Å².